The van der Waals surface area contributed by atoms with E-state index in [0.717, 1.165) is 55.5 Å². The molecule has 2 aliphatic carbocycles. The fourth-order valence-electron chi connectivity index (χ4n) is 4.85. The first-order valence-corrected chi connectivity index (χ1v) is 10.9. The number of rotatable bonds is 4. The van der Waals surface area contributed by atoms with Crippen LogP contribution < -0.4 is 16.8 Å². The Balaban J connectivity index is 1.55. The predicted octanol–water partition coefficient (Wildman–Crippen LogP) is 4.34. The van der Waals surface area contributed by atoms with Crippen molar-refractivity contribution in [3.05, 3.63) is 47.5 Å². The first-order chi connectivity index (χ1) is 14.1. The number of aromatic nitrogens is 2. The molecule has 0 radical (unpaired) electrons. The second-order valence-electron chi connectivity index (χ2n) is 8.55. The van der Waals surface area contributed by atoms with Gasteiger partial charge in [0.2, 0.25) is 0 Å². The molecule has 6 heteroatoms. The molecular formula is C23H31N5O. The average Bonchev–Trinajstić information content (AvgIpc) is 2.75. The Morgan fingerprint density at radius 2 is 1.79 bits per heavy atom. The van der Waals surface area contributed by atoms with E-state index in [1.165, 1.54) is 19.3 Å². The highest BCUT2D eigenvalue weighted by Crippen LogP contribution is 2.36. The summed E-state index contributed by atoms with van der Waals surface area (Å²) in [6, 6.07) is 6.00. The molecule has 29 heavy (non-hydrogen) atoms. The Bertz CT molecular complexity index is 862. The lowest BCUT2D eigenvalue weighted by Gasteiger charge is -2.28. The van der Waals surface area contributed by atoms with Crippen LogP contribution in [0.15, 0.2) is 30.6 Å². The van der Waals surface area contributed by atoms with Gasteiger partial charge in [-0.3, -0.25) is 9.78 Å². The lowest BCUT2D eigenvalue weighted by Crippen LogP contribution is -2.27. The number of amides is 1. The Labute approximate surface area is 172 Å². The summed E-state index contributed by atoms with van der Waals surface area (Å²) < 4.78 is 0. The molecule has 2 aromatic rings. The molecule has 4 rings (SSSR count). The van der Waals surface area contributed by atoms with Crippen LogP contribution in [0.3, 0.4) is 0 Å². The number of hydrogen-bond donors (Lipinski definition) is 3. The van der Waals surface area contributed by atoms with Gasteiger partial charge in [0, 0.05) is 23.9 Å². The molecule has 2 fully saturated rings. The second kappa shape index (κ2) is 8.91. The van der Waals surface area contributed by atoms with Crippen molar-refractivity contribution in [3.63, 3.8) is 0 Å². The summed E-state index contributed by atoms with van der Waals surface area (Å²) in [5.41, 5.74) is 15.8. The molecule has 0 spiro atoms. The largest absolute Gasteiger partial charge is 0.397 e. The molecule has 1 amide bonds. The van der Waals surface area contributed by atoms with E-state index in [2.05, 4.69) is 15.3 Å². The molecule has 2 heterocycles. The second-order valence-corrected chi connectivity index (χ2v) is 8.55. The number of carbonyl (C=O) groups is 1. The monoisotopic (exact) mass is 393 g/mol. The maximum absolute atomic E-state index is 13.1. The number of nitrogens with zero attached hydrogens (tertiary/aromatic N) is 2. The predicted molar refractivity (Wildman–Crippen MR) is 116 cm³/mol. The van der Waals surface area contributed by atoms with Crippen molar-refractivity contribution < 1.29 is 4.79 Å². The molecule has 0 saturated heterocycles. The van der Waals surface area contributed by atoms with Gasteiger partial charge in [-0.1, -0.05) is 25.7 Å². The number of nitrogens with one attached hydrogen (secondary N) is 1. The summed E-state index contributed by atoms with van der Waals surface area (Å²) in [5, 5.41) is 3.03. The van der Waals surface area contributed by atoms with Crippen LogP contribution in [-0.4, -0.2) is 21.9 Å². The fourth-order valence-corrected chi connectivity index (χ4v) is 4.85. The molecule has 2 aliphatic rings. The number of pyridine rings is 2. The van der Waals surface area contributed by atoms with E-state index in [-0.39, 0.29) is 11.9 Å². The third-order valence-electron chi connectivity index (χ3n) is 6.44. The van der Waals surface area contributed by atoms with Crippen LogP contribution in [0.2, 0.25) is 0 Å². The zero-order valence-corrected chi connectivity index (χ0v) is 16.9. The molecule has 0 aromatic carbocycles. The molecule has 6 nitrogen and oxygen atoms in total. The van der Waals surface area contributed by atoms with Crippen LogP contribution in [0, 0.1) is 0 Å². The zero-order chi connectivity index (χ0) is 20.2. The maximum atomic E-state index is 13.1. The molecule has 2 saturated carbocycles. The average molecular weight is 394 g/mol. The lowest BCUT2D eigenvalue weighted by molar-refractivity contribution is 0.102. The van der Waals surface area contributed by atoms with Gasteiger partial charge >= 0.3 is 0 Å². The van der Waals surface area contributed by atoms with Crippen molar-refractivity contribution in [1.29, 1.82) is 0 Å². The van der Waals surface area contributed by atoms with Crippen LogP contribution in [0.1, 0.15) is 91.4 Å². The summed E-state index contributed by atoms with van der Waals surface area (Å²) in [5.74, 6) is 0.499. The van der Waals surface area contributed by atoms with Gasteiger partial charge in [0.05, 0.1) is 17.6 Å². The van der Waals surface area contributed by atoms with E-state index in [4.69, 9.17) is 11.5 Å². The van der Waals surface area contributed by atoms with E-state index in [9.17, 15) is 4.79 Å². The first kappa shape index (κ1) is 19.8. The molecule has 154 valence electrons. The molecule has 0 bridgehead atoms. The molecule has 0 unspecified atom stereocenters. The summed E-state index contributed by atoms with van der Waals surface area (Å²) in [6.07, 6.45) is 13.7. The number of nitrogens with two attached hydrogens (primary N) is 2. The van der Waals surface area contributed by atoms with E-state index >= 15 is 0 Å². The summed E-state index contributed by atoms with van der Waals surface area (Å²) in [4.78, 5) is 22.0. The summed E-state index contributed by atoms with van der Waals surface area (Å²) >= 11 is 0. The number of anilines is 2. The SMILES string of the molecule is Nc1ccc(C2CCCCC2)nc1C(=O)Nc1cnccc1[C@@H]1CCC[C@H](N)C1. The van der Waals surface area contributed by atoms with Gasteiger partial charge in [-0.15, -0.1) is 0 Å². The van der Waals surface area contributed by atoms with E-state index < -0.39 is 0 Å². The smallest absolute Gasteiger partial charge is 0.276 e. The number of carbonyl (C=O) groups excluding carboxylic acids is 1. The van der Waals surface area contributed by atoms with Crippen LogP contribution in [0.4, 0.5) is 11.4 Å². The Morgan fingerprint density at radius 3 is 2.59 bits per heavy atom. The van der Waals surface area contributed by atoms with Crippen LogP contribution in [0.25, 0.3) is 0 Å². The maximum Gasteiger partial charge on any atom is 0.276 e. The van der Waals surface area contributed by atoms with Crippen molar-refractivity contribution >= 4 is 17.3 Å². The van der Waals surface area contributed by atoms with E-state index in [0.29, 0.717) is 23.2 Å². The molecule has 2 atom stereocenters. The minimum atomic E-state index is -0.269. The quantitative estimate of drug-likeness (QED) is 0.716. The third kappa shape index (κ3) is 4.58. The van der Waals surface area contributed by atoms with Crippen molar-refractivity contribution in [2.45, 2.75) is 75.7 Å². The molecular weight excluding hydrogens is 362 g/mol. The Hall–Kier alpha value is -2.47. The molecule has 0 aliphatic heterocycles. The number of nitrogen functional groups attached to an aromatic ring is 1. The molecule has 5 N–H and O–H groups in total. The normalized spacial score (nSPS) is 22.9. The highest BCUT2D eigenvalue weighted by atomic mass is 16.1. The highest BCUT2D eigenvalue weighted by molar-refractivity contribution is 6.06. The van der Waals surface area contributed by atoms with Crippen LogP contribution in [0.5, 0.6) is 0 Å². The zero-order valence-electron chi connectivity index (χ0n) is 16.9. The standard InChI is InChI=1S/C23H31N5O/c24-17-8-4-7-16(13-17)18-11-12-26-14-21(18)28-23(29)22-19(25)9-10-20(27-22)15-5-2-1-3-6-15/h9-12,14-17H,1-8,13,24-25H2,(H,28,29)/t16-,17+/m1/s1. The lowest BCUT2D eigenvalue weighted by atomic mass is 9.81. The topological polar surface area (TPSA) is 107 Å². The first-order valence-electron chi connectivity index (χ1n) is 10.9. The van der Waals surface area contributed by atoms with Gasteiger partial charge in [-0.05, 0) is 61.8 Å². The van der Waals surface area contributed by atoms with Crippen LogP contribution in [-0.2, 0) is 0 Å². The van der Waals surface area contributed by atoms with Gasteiger partial charge in [0.25, 0.3) is 5.91 Å². The van der Waals surface area contributed by atoms with Crippen molar-refractivity contribution in [1.82, 2.24) is 9.97 Å². The van der Waals surface area contributed by atoms with Gasteiger partial charge in [0.15, 0.2) is 5.69 Å². The van der Waals surface area contributed by atoms with Crippen molar-refractivity contribution in [2.75, 3.05) is 11.1 Å². The van der Waals surface area contributed by atoms with Crippen molar-refractivity contribution in [2.24, 2.45) is 5.73 Å². The minimum absolute atomic E-state index is 0.218. The van der Waals surface area contributed by atoms with Gasteiger partial charge in [-0.25, -0.2) is 4.98 Å². The van der Waals surface area contributed by atoms with Crippen LogP contribution >= 0.6 is 0 Å². The fraction of sp³-hybridized carbons (Fsp3) is 0.522. The number of hydrogen-bond acceptors (Lipinski definition) is 5. The minimum Gasteiger partial charge on any atom is -0.397 e. The van der Waals surface area contributed by atoms with Gasteiger partial charge in [0.1, 0.15) is 0 Å². The van der Waals surface area contributed by atoms with Crippen molar-refractivity contribution in [3.8, 4) is 0 Å². The van der Waals surface area contributed by atoms with Gasteiger partial charge in [-0.2, -0.15) is 0 Å². The highest BCUT2D eigenvalue weighted by Gasteiger charge is 2.25. The molecule has 2 aromatic heterocycles. The van der Waals surface area contributed by atoms with E-state index in [1.54, 1.807) is 12.4 Å². The Kier molecular flexibility index (Phi) is 6.09. The summed E-state index contributed by atoms with van der Waals surface area (Å²) in [6.45, 7) is 0. The third-order valence-corrected chi connectivity index (χ3v) is 6.44. The Morgan fingerprint density at radius 1 is 1.00 bits per heavy atom. The summed E-state index contributed by atoms with van der Waals surface area (Å²) in [7, 11) is 0. The van der Waals surface area contributed by atoms with E-state index in [1.807, 2.05) is 18.2 Å². The van der Waals surface area contributed by atoms with Gasteiger partial charge < -0.3 is 16.8 Å².